The highest BCUT2D eigenvalue weighted by Crippen LogP contribution is 2.09. The second kappa shape index (κ2) is 7.38. The Morgan fingerprint density at radius 1 is 1.29 bits per heavy atom. The van der Waals surface area contributed by atoms with Crippen LogP contribution in [0.5, 0.6) is 0 Å². The van der Waals surface area contributed by atoms with Gasteiger partial charge in [0.25, 0.3) is 5.91 Å². The minimum atomic E-state index is -0.152. The predicted octanol–water partition coefficient (Wildman–Crippen LogP) is 2.47. The van der Waals surface area contributed by atoms with Crippen LogP contribution in [0.1, 0.15) is 29.9 Å². The first-order valence-electron chi connectivity index (χ1n) is 7.02. The van der Waals surface area contributed by atoms with Crippen molar-refractivity contribution in [3.8, 4) is 0 Å². The van der Waals surface area contributed by atoms with Crippen LogP contribution >= 0.6 is 0 Å². The summed E-state index contributed by atoms with van der Waals surface area (Å²) in [5.41, 5.74) is 2.22. The average Bonchev–Trinajstić information content (AvgIpc) is 2.52. The molecule has 0 aliphatic heterocycles. The largest absolute Gasteiger partial charge is 0.384 e. The van der Waals surface area contributed by atoms with Crippen molar-refractivity contribution in [2.24, 2.45) is 5.92 Å². The molecule has 0 atom stereocenters. The first-order chi connectivity index (χ1) is 10.1. The molecule has 0 aliphatic rings. The van der Waals surface area contributed by atoms with Gasteiger partial charge < -0.3 is 10.6 Å². The van der Waals surface area contributed by atoms with Crippen molar-refractivity contribution in [2.75, 3.05) is 11.9 Å². The molecule has 5 heteroatoms. The molecule has 2 heterocycles. The summed E-state index contributed by atoms with van der Waals surface area (Å²) in [6, 6.07) is 7.42. The Morgan fingerprint density at radius 3 is 2.86 bits per heavy atom. The van der Waals surface area contributed by atoms with E-state index >= 15 is 0 Å². The monoisotopic (exact) mass is 284 g/mol. The zero-order valence-electron chi connectivity index (χ0n) is 12.3. The van der Waals surface area contributed by atoms with Crippen LogP contribution in [0.3, 0.4) is 0 Å². The summed E-state index contributed by atoms with van der Waals surface area (Å²) in [5.74, 6) is 0.382. The number of nitrogens with one attached hydrogen (secondary N) is 2. The maximum atomic E-state index is 12.1. The summed E-state index contributed by atoms with van der Waals surface area (Å²) < 4.78 is 0. The summed E-state index contributed by atoms with van der Waals surface area (Å²) in [7, 11) is 0. The summed E-state index contributed by atoms with van der Waals surface area (Å²) in [6.45, 7) is 5.51. The van der Waals surface area contributed by atoms with Gasteiger partial charge in [0.2, 0.25) is 0 Å². The summed E-state index contributed by atoms with van der Waals surface area (Å²) in [6.07, 6.45) is 4.99. The highest BCUT2D eigenvalue weighted by molar-refractivity contribution is 5.94. The summed E-state index contributed by atoms with van der Waals surface area (Å²) in [5, 5.41) is 6.10. The Labute approximate surface area is 124 Å². The van der Waals surface area contributed by atoms with E-state index in [-0.39, 0.29) is 5.91 Å². The van der Waals surface area contributed by atoms with E-state index in [1.807, 2.05) is 24.3 Å². The Morgan fingerprint density at radius 2 is 2.14 bits per heavy atom. The van der Waals surface area contributed by atoms with Crippen molar-refractivity contribution in [1.82, 2.24) is 15.3 Å². The molecule has 0 bridgehead atoms. The molecule has 5 nitrogen and oxygen atoms in total. The van der Waals surface area contributed by atoms with Gasteiger partial charge >= 0.3 is 0 Å². The van der Waals surface area contributed by atoms with Gasteiger partial charge in [0.15, 0.2) is 0 Å². The number of rotatable bonds is 6. The van der Waals surface area contributed by atoms with Crippen LogP contribution in [0.4, 0.5) is 5.69 Å². The maximum absolute atomic E-state index is 12.1. The Kier molecular flexibility index (Phi) is 5.26. The molecule has 21 heavy (non-hydrogen) atoms. The molecule has 0 saturated heterocycles. The number of pyridine rings is 2. The van der Waals surface area contributed by atoms with E-state index in [4.69, 9.17) is 0 Å². The topological polar surface area (TPSA) is 66.9 Å². The van der Waals surface area contributed by atoms with E-state index in [0.29, 0.717) is 18.0 Å². The van der Waals surface area contributed by atoms with Gasteiger partial charge in [-0.15, -0.1) is 0 Å². The minimum Gasteiger partial charge on any atom is -0.384 e. The van der Waals surface area contributed by atoms with Gasteiger partial charge in [-0.1, -0.05) is 19.9 Å². The number of carbonyl (C=O) groups is 1. The molecule has 2 aromatic rings. The van der Waals surface area contributed by atoms with Crippen molar-refractivity contribution in [3.05, 3.63) is 54.1 Å². The van der Waals surface area contributed by atoms with E-state index in [2.05, 4.69) is 34.4 Å². The van der Waals surface area contributed by atoms with Crippen LogP contribution in [0.2, 0.25) is 0 Å². The van der Waals surface area contributed by atoms with Crippen LogP contribution in [-0.4, -0.2) is 22.4 Å². The summed E-state index contributed by atoms with van der Waals surface area (Å²) >= 11 is 0. The number of anilines is 1. The van der Waals surface area contributed by atoms with Gasteiger partial charge in [-0.05, 0) is 24.1 Å². The lowest BCUT2D eigenvalue weighted by Crippen LogP contribution is -2.23. The van der Waals surface area contributed by atoms with Gasteiger partial charge in [0, 0.05) is 25.1 Å². The van der Waals surface area contributed by atoms with Gasteiger partial charge in [-0.3, -0.25) is 14.8 Å². The molecule has 0 saturated carbocycles. The molecule has 110 valence electrons. The molecule has 2 N–H and O–H groups in total. The number of nitrogens with zero attached hydrogens (tertiary/aromatic N) is 2. The van der Waals surface area contributed by atoms with Crippen LogP contribution in [0.25, 0.3) is 0 Å². The number of hydrogen-bond donors (Lipinski definition) is 2. The predicted molar refractivity (Wildman–Crippen MR) is 83.0 cm³/mol. The molecule has 0 aliphatic carbocycles. The molecule has 2 aromatic heterocycles. The Bertz CT molecular complexity index is 584. The van der Waals surface area contributed by atoms with Crippen molar-refractivity contribution in [1.29, 1.82) is 0 Å². The zero-order chi connectivity index (χ0) is 15.1. The number of carbonyl (C=O) groups excluding carboxylic acids is 1. The van der Waals surface area contributed by atoms with Crippen LogP contribution in [0.15, 0.2) is 42.9 Å². The first-order valence-corrected chi connectivity index (χ1v) is 7.02. The molecule has 1 amide bonds. The first kappa shape index (κ1) is 15.0. The lowest BCUT2D eigenvalue weighted by Gasteiger charge is -2.10. The normalized spacial score (nSPS) is 10.4. The lowest BCUT2D eigenvalue weighted by molar-refractivity contribution is 0.0950. The fourth-order valence-corrected chi connectivity index (χ4v) is 1.76. The van der Waals surface area contributed by atoms with Gasteiger partial charge in [-0.25, -0.2) is 0 Å². The van der Waals surface area contributed by atoms with E-state index < -0.39 is 0 Å². The number of hydrogen-bond acceptors (Lipinski definition) is 4. The standard InChI is InChI=1S/C16H20N4O/c1-12(2)8-19-15-7-13(9-17-10-15)16(21)20-11-14-5-3-4-6-18-14/h3-7,9-10,12,19H,8,11H2,1-2H3,(H,20,21). The molecule has 0 fully saturated rings. The van der Waals surface area contributed by atoms with E-state index in [1.165, 1.54) is 0 Å². The van der Waals surface area contributed by atoms with E-state index in [9.17, 15) is 4.79 Å². The van der Waals surface area contributed by atoms with Crippen molar-refractivity contribution >= 4 is 11.6 Å². The Balaban J connectivity index is 1.94. The highest BCUT2D eigenvalue weighted by Gasteiger charge is 2.07. The molecular formula is C16H20N4O. The number of amides is 1. The van der Waals surface area contributed by atoms with Crippen molar-refractivity contribution < 1.29 is 4.79 Å². The van der Waals surface area contributed by atoms with Crippen LogP contribution in [0, 0.1) is 5.92 Å². The molecular weight excluding hydrogens is 264 g/mol. The quantitative estimate of drug-likeness (QED) is 0.855. The molecule has 0 spiro atoms. The van der Waals surface area contributed by atoms with Crippen molar-refractivity contribution in [3.63, 3.8) is 0 Å². The lowest BCUT2D eigenvalue weighted by atomic mass is 10.2. The van der Waals surface area contributed by atoms with E-state index in [0.717, 1.165) is 17.9 Å². The fourth-order valence-electron chi connectivity index (χ4n) is 1.76. The molecule has 0 aromatic carbocycles. The minimum absolute atomic E-state index is 0.152. The number of aromatic nitrogens is 2. The molecule has 0 radical (unpaired) electrons. The third kappa shape index (κ3) is 4.87. The van der Waals surface area contributed by atoms with Crippen LogP contribution < -0.4 is 10.6 Å². The molecule has 2 rings (SSSR count). The highest BCUT2D eigenvalue weighted by atomic mass is 16.1. The summed E-state index contributed by atoms with van der Waals surface area (Å²) in [4.78, 5) is 20.4. The van der Waals surface area contributed by atoms with Crippen LogP contribution in [-0.2, 0) is 6.54 Å². The van der Waals surface area contributed by atoms with Gasteiger partial charge in [0.05, 0.1) is 23.5 Å². The van der Waals surface area contributed by atoms with Gasteiger partial charge in [0.1, 0.15) is 0 Å². The Hall–Kier alpha value is -2.43. The smallest absolute Gasteiger partial charge is 0.253 e. The molecule has 0 unspecified atom stereocenters. The maximum Gasteiger partial charge on any atom is 0.253 e. The third-order valence-electron chi connectivity index (χ3n) is 2.87. The third-order valence-corrected chi connectivity index (χ3v) is 2.87. The SMILES string of the molecule is CC(C)CNc1cncc(C(=O)NCc2ccccn2)c1. The second-order valence-corrected chi connectivity index (χ2v) is 5.24. The fraction of sp³-hybridized carbons (Fsp3) is 0.312. The zero-order valence-corrected chi connectivity index (χ0v) is 12.3. The second-order valence-electron chi connectivity index (χ2n) is 5.24. The van der Waals surface area contributed by atoms with Crippen molar-refractivity contribution in [2.45, 2.75) is 20.4 Å². The van der Waals surface area contributed by atoms with E-state index in [1.54, 1.807) is 18.6 Å². The average molecular weight is 284 g/mol. The van der Waals surface area contributed by atoms with Gasteiger partial charge in [-0.2, -0.15) is 0 Å².